The first-order valence-electron chi connectivity index (χ1n) is 3.84. The Balaban J connectivity index is 1.92. The van der Waals surface area contributed by atoms with E-state index in [9.17, 15) is 0 Å². The number of rotatable bonds is 2. The van der Waals surface area contributed by atoms with E-state index in [-0.39, 0.29) is 0 Å². The van der Waals surface area contributed by atoms with Crippen LogP contribution in [0.3, 0.4) is 0 Å². The summed E-state index contributed by atoms with van der Waals surface area (Å²) >= 11 is 4.41. The summed E-state index contributed by atoms with van der Waals surface area (Å²) in [5.74, 6) is 0. The molecule has 0 aromatic carbocycles. The fraction of sp³-hybridized carbons (Fsp3) is 1.00. The SMILES string of the molecule is CCCC12SC(CC[Se]1)[Se]2. The molecule has 10 heavy (non-hydrogen) atoms. The van der Waals surface area contributed by atoms with Crippen LogP contribution in [0.1, 0.15) is 26.2 Å². The molecule has 0 nitrogen and oxygen atoms in total. The molecule has 0 aromatic rings. The number of hydrogen-bond donors (Lipinski definition) is 0. The molecule has 58 valence electrons. The first kappa shape index (κ1) is 8.01. The molecule has 2 unspecified atom stereocenters. The second kappa shape index (κ2) is 3.03. The topological polar surface area (TPSA) is 0 Å². The van der Waals surface area contributed by atoms with Gasteiger partial charge < -0.3 is 0 Å². The Bertz CT molecular complexity index is 120. The second-order valence-corrected chi connectivity index (χ2v) is 13.5. The second-order valence-electron chi connectivity index (χ2n) is 2.74. The summed E-state index contributed by atoms with van der Waals surface area (Å²) < 4.78 is 2.06. The number of fused-ring (bicyclic) bond motifs is 2. The molecule has 2 atom stereocenters. The minimum absolute atomic E-state index is 0.914. The monoisotopic (exact) mass is 288 g/mol. The standard InChI is InChI=1S/C7H12SSe2/c1-2-4-7-8-6(10-7)3-5-9-7/h6H,2-5H2,1H3. The van der Waals surface area contributed by atoms with Gasteiger partial charge in [0.1, 0.15) is 0 Å². The predicted molar refractivity (Wildman–Crippen MR) is 50.0 cm³/mol. The van der Waals surface area contributed by atoms with Gasteiger partial charge in [-0.25, -0.2) is 0 Å². The van der Waals surface area contributed by atoms with E-state index in [0.717, 1.165) is 36.6 Å². The molecule has 3 fully saturated rings. The van der Waals surface area contributed by atoms with E-state index < -0.39 is 0 Å². The maximum absolute atomic E-state index is 2.34. The first-order chi connectivity index (χ1) is 4.85. The van der Waals surface area contributed by atoms with Crippen LogP contribution in [0.25, 0.3) is 0 Å². The van der Waals surface area contributed by atoms with Gasteiger partial charge in [0.15, 0.2) is 0 Å². The van der Waals surface area contributed by atoms with E-state index in [0.29, 0.717) is 0 Å². The third-order valence-corrected chi connectivity index (χ3v) is 13.2. The molecule has 2 bridgehead atoms. The van der Waals surface area contributed by atoms with Crippen LogP contribution in [0.15, 0.2) is 0 Å². The van der Waals surface area contributed by atoms with Crippen LogP contribution >= 0.6 is 11.8 Å². The van der Waals surface area contributed by atoms with Crippen molar-refractivity contribution in [3.63, 3.8) is 0 Å². The summed E-state index contributed by atoms with van der Waals surface area (Å²) in [6.07, 6.45) is 4.52. The van der Waals surface area contributed by atoms with Crippen molar-refractivity contribution in [2.75, 3.05) is 0 Å². The van der Waals surface area contributed by atoms with Gasteiger partial charge in [-0.15, -0.1) is 0 Å². The van der Waals surface area contributed by atoms with Crippen molar-refractivity contribution in [3.8, 4) is 0 Å². The fourth-order valence-corrected chi connectivity index (χ4v) is 16.6. The van der Waals surface area contributed by atoms with Crippen LogP contribution in [0, 0.1) is 0 Å². The third kappa shape index (κ3) is 1.32. The molecule has 0 spiro atoms. The van der Waals surface area contributed by atoms with Gasteiger partial charge in [-0.1, -0.05) is 0 Å². The third-order valence-electron chi connectivity index (χ3n) is 1.85. The Kier molecular flexibility index (Phi) is 2.43. The first-order valence-corrected chi connectivity index (χ1v) is 8.63. The van der Waals surface area contributed by atoms with Gasteiger partial charge in [0.2, 0.25) is 0 Å². The molecule has 3 heterocycles. The van der Waals surface area contributed by atoms with Crippen LogP contribution in [-0.4, -0.2) is 36.6 Å². The van der Waals surface area contributed by atoms with Gasteiger partial charge in [0, 0.05) is 0 Å². The summed E-state index contributed by atoms with van der Waals surface area (Å²) in [6, 6.07) is 0. The van der Waals surface area contributed by atoms with Crippen molar-refractivity contribution in [2.24, 2.45) is 0 Å². The summed E-state index contributed by atoms with van der Waals surface area (Å²) in [4.78, 5) is 0. The average molecular weight is 286 g/mol. The fourth-order valence-electron chi connectivity index (χ4n) is 1.40. The van der Waals surface area contributed by atoms with Gasteiger partial charge in [-0.2, -0.15) is 0 Å². The van der Waals surface area contributed by atoms with E-state index in [1.807, 2.05) is 0 Å². The molecule has 0 aromatic heterocycles. The Labute approximate surface area is 79.6 Å². The molecule has 3 aliphatic rings. The van der Waals surface area contributed by atoms with Crippen molar-refractivity contribution >= 4 is 41.7 Å². The van der Waals surface area contributed by atoms with Gasteiger partial charge in [-0.3, -0.25) is 0 Å². The number of hydrogen-bond acceptors (Lipinski definition) is 1. The molecule has 3 rings (SSSR count). The van der Waals surface area contributed by atoms with Crippen molar-refractivity contribution in [1.82, 2.24) is 0 Å². The van der Waals surface area contributed by atoms with Crippen molar-refractivity contribution in [3.05, 3.63) is 0 Å². The van der Waals surface area contributed by atoms with Gasteiger partial charge in [0.25, 0.3) is 0 Å². The van der Waals surface area contributed by atoms with E-state index in [1.54, 1.807) is 11.7 Å². The Hall–Kier alpha value is 1.39. The summed E-state index contributed by atoms with van der Waals surface area (Å²) in [7, 11) is 0. The zero-order valence-electron chi connectivity index (χ0n) is 6.13. The molecule has 0 N–H and O–H groups in total. The zero-order valence-corrected chi connectivity index (χ0v) is 10.4. The van der Waals surface area contributed by atoms with Gasteiger partial charge in [-0.05, 0) is 0 Å². The molecule has 0 aliphatic carbocycles. The normalized spacial score (nSPS) is 44.7. The summed E-state index contributed by atoms with van der Waals surface area (Å²) in [6.45, 7) is 2.34. The molecular formula is C7H12SSe2. The van der Waals surface area contributed by atoms with Crippen LogP contribution in [0.2, 0.25) is 5.32 Å². The quantitative estimate of drug-likeness (QED) is 0.697. The Morgan fingerprint density at radius 1 is 1.70 bits per heavy atom. The molecule has 0 amide bonds. The Morgan fingerprint density at radius 2 is 2.50 bits per heavy atom. The average Bonchev–Trinajstić information content (AvgIpc) is 1.87. The van der Waals surface area contributed by atoms with Gasteiger partial charge >= 0.3 is 79.9 Å². The maximum atomic E-state index is 2.34. The van der Waals surface area contributed by atoms with Crippen molar-refractivity contribution in [2.45, 2.75) is 38.2 Å². The van der Waals surface area contributed by atoms with Crippen LogP contribution < -0.4 is 0 Å². The van der Waals surface area contributed by atoms with Crippen LogP contribution in [0.4, 0.5) is 0 Å². The minimum atomic E-state index is 0.914. The van der Waals surface area contributed by atoms with Crippen LogP contribution in [0.5, 0.6) is 0 Å². The summed E-state index contributed by atoms with van der Waals surface area (Å²) in [5, 5.41) is 1.59. The zero-order chi connectivity index (χ0) is 7.03. The summed E-state index contributed by atoms with van der Waals surface area (Å²) in [5.41, 5.74) is 0. The van der Waals surface area contributed by atoms with Gasteiger partial charge in [0.05, 0.1) is 0 Å². The predicted octanol–water partition coefficient (Wildman–Crippen LogP) is 1.74. The van der Waals surface area contributed by atoms with E-state index in [4.69, 9.17) is 0 Å². The van der Waals surface area contributed by atoms with E-state index in [2.05, 4.69) is 18.7 Å². The molecule has 0 radical (unpaired) electrons. The number of thioether (sulfide) groups is 1. The van der Waals surface area contributed by atoms with Crippen molar-refractivity contribution in [1.29, 1.82) is 0 Å². The van der Waals surface area contributed by atoms with E-state index in [1.165, 1.54) is 12.8 Å². The van der Waals surface area contributed by atoms with E-state index >= 15 is 0 Å². The molecule has 0 saturated carbocycles. The molecule has 3 heteroatoms. The molecular weight excluding hydrogens is 274 g/mol. The van der Waals surface area contributed by atoms with Crippen molar-refractivity contribution < 1.29 is 0 Å². The van der Waals surface area contributed by atoms with Crippen LogP contribution in [-0.2, 0) is 0 Å². The molecule has 3 saturated heterocycles. The Morgan fingerprint density at radius 3 is 3.00 bits per heavy atom. The molecule has 3 aliphatic heterocycles.